The van der Waals surface area contributed by atoms with Crippen LogP contribution in [0.25, 0.3) is 6.08 Å². The van der Waals surface area contributed by atoms with Crippen molar-refractivity contribution in [1.29, 1.82) is 5.26 Å². The lowest BCUT2D eigenvalue weighted by atomic mass is 10.1. The van der Waals surface area contributed by atoms with E-state index < -0.39 is 5.82 Å². The van der Waals surface area contributed by atoms with Gasteiger partial charge in [-0.2, -0.15) is 5.26 Å². The van der Waals surface area contributed by atoms with E-state index in [2.05, 4.69) is 6.58 Å². The van der Waals surface area contributed by atoms with Gasteiger partial charge in [0.1, 0.15) is 11.9 Å². The van der Waals surface area contributed by atoms with Crippen molar-refractivity contribution in [3.05, 3.63) is 35.7 Å². The van der Waals surface area contributed by atoms with Crippen LogP contribution < -0.4 is 0 Å². The highest BCUT2D eigenvalue weighted by atomic mass is 32.2. The average Bonchev–Trinajstić information content (AvgIpc) is 2.16. The SMILES string of the molecule is C=Cc1cc(F)cc(C#N)c1SC. The number of benzene rings is 1. The third-order valence-corrected chi connectivity index (χ3v) is 2.49. The molecule has 13 heavy (non-hydrogen) atoms. The first-order chi connectivity index (χ1) is 6.22. The van der Waals surface area contributed by atoms with E-state index in [1.807, 2.05) is 12.3 Å². The summed E-state index contributed by atoms with van der Waals surface area (Å²) in [6.07, 6.45) is 3.40. The molecule has 0 aliphatic carbocycles. The minimum Gasteiger partial charge on any atom is -0.207 e. The van der Waals surface area contributed by atoms with Crippen LogP contribution in [-0.2, 0) is 0 Å². The summed E-state index contributed by atoms with van der Waals surface area (Å²) in [6, 6.07) is 4.56. The van der Waals surface area contributed by atoms with E-state index in [0.717, 1.165) is 4.90 Å². The number of nitriles is 1. The van der Waals surface area contributed by atoms with Gasteiger partial charge in [-0.1, -0.05) is 12.7 Å². The second kappa shape index (κ2) is 4.11. The predicted octanol–water partition coefficient (Wildman–Crippen LogP) is 3.06. The van der Waals surface area contributed by atoms with Gasteiger partial charge in [-0.05, 0) is 24.0 Å². The zero-order chi connectivity index (χ0) is 9.84. The van der Waals surface area contributed by atoms with Gasteiger partial charge in [0.15, 0.2) is 0 Å². The monoisotopic (exact) mass is 193 g/mol. The largest absolute Gasteiger partial charge is 0.207 e. The molecule has 0 N–H and O–H groups in total. The lowest BCUT2D eigenvalue weighted by Gasteiger charge is -2.04. The first-order valence-electron chi connectivity index (χ1n) is 3.63. The van der Waals surface area contributed by atoms with Crippen molar-refractivity contribution in [2.75, 3.05) is 6.26 Å². The summed E-state index contributed by atoms with van der Waals surface area (Å²) in [5, 5.41) is 8.73. The molecule has 3 heteroatoms. The maximum atomic E-state index is 12.9. The van der Waals surface area contributed by atoms with Gasteiger partial charge in [0.05, 0.1) is 5.56 Å². The fraction of sp³-hybridized carbons (Fsp3) is 0.100. The van der Waals surface area contributed by atoms with Gasteiger partial charge in [-0.15, -0.1) is 11.8 Å². The summed E-state index contributed by atoms with van der Waals surface area (Å²) in [4.78, 5) is 0.777. The van der Waals surface area contributed by atoms with E-state index >= 15 is 0 Å². The molecule has 66 valence electrons. The normalized spacial score (nSPS) is 9.31. The Kier molecular flexibility index (Phi) is 3.10. The topological polar surface area (TPSA) is 23.8 Å². The molecule has 0 heterocycles. The molecule has 0 spiro atoms. The van der Waals surface area contributed by atoms with E-state index in [1.54, 1.807) is 6.08 Å². The van der Waals surface area contributed by atoms with Crippen LogP contribution in [0.2, 0.25) is 0 Å². The molecule has 0 bridgehead atoms. The van der Waals surface area contributed by atoms with Gasteiger partial charge < -0.3 is 0 Å². The van der Waals surface area contributed by atoms with E-state index in [0.29, 0.717) is 11.1 Å². The smallest absolute Gasteiger partial charge is 0.125 e. The molecule has 0 saturated heterocycles. The third-order valence-electron chi connectivity index (χ3n) is 1.63. The van der Waals surface area contributed by atoms with Crippen molar-refractivity contribution in [3.63, 3.8) is 0 Å². The summed E-state index contributed by atoms with van der Waals surface area (Å²) in [6.45, 7) is 3.57. The number of rotatable bonds is 2. The summed E-state index contributed by atoms with van der Waals surface area (Å²) < 4.78 is 12.9. The molecule has 0 aromatic heterocycles. The van der Waals surface area contributed by atoms with Crippen LogP contribution in [0, 0.1) is 17.1 Å². The summed E-state index contributed by atoms with van der Waals surface area (Å²) >= 11 is 1.42. The minimum atomic E-state index is -0.399. The lowest BCUT2D eigenvalue weighted by molar-refractivity contribution is 0.625. The Morgan fingerprint density at radius 1 is 1.62 bits per heavy atom. The maximum absolute atomic E-state index is 12.9. The van der Waals surface area contributed by atoms with Crippen LogP contribution in [0.4, 0.5) is 4.39 Å². The van der Waals surface area contributed by atoms with Crippen LogP contribution in [-0.4, -0.2) is 6.26 Å². The molecule has 0 atom stereocenters. The van der Waals surface area contributed by atoms with Crippen molar-refractivity contribution in [2.45, 2.75) is 4.90 Å². The fourth-order valence-corrected chi connectivity index (χ4v) is 1.78. The van der Waals surface area contributed by atoms with E-state index in [1.165, 1.54) is 23.9 Å². The lowest BCUT2D eigenvalue weighted by Crippen LogP contribution is -1.88. The Balaban J connectivity index is 3.44. The van der Waals surface area contributed by atoms with E-state index in [4.69, 9.17) is 5.26 Å². The summed E-state index contributed by atoms with van der Waals surface area (Å²) in [5.74, 6) is -0.399. The number of hydrogen-bond donors (Lipinski definition) is 0. The highest BCUT2D eigenvalue weighted by Gasteiger charge is 2.07. The van der Waals surface area contributed by atoms with Crippen molar-refractivity contribution < 1.29 is 4.39 Å². The summed E-state index contributed by atoms with van der Waals surface area (Å²) in [7, 11) is 0. The number of thioether (sulfide) groups is 1. The molecule has 0 saturated carbocycles. The number of hydrogen-bond acceptors (Lipinski definition) is 2. The van der Waals surface area contributed by atoms with Crippen molar-refractivity contribution in [3.8, 4) is 6.07 Å². The first kappa shape index (κ1) is 9.82. The number of nitrogens with zero attached hydrogens (tertiary/aromatic N) is 1. The minimum absolute atomic E-state index is 0.363. The van der Waals surface area contributed by atoms with Gasteiger partial charge in [-0.3, -0.25) is 0 Å². The Morgan fingerprint density at radius 3 is 2.77 bits per heavy atom. The Morgan fingerprint density at radius 2 is 2.31 bits per heavy atom. The zero-order valence-corrected chi connectivity index (χ0v) is 7.99. The zero-order valence-electron chi connectivity index (χ0n) is 7.17. The predicted molar refractivity (Wildman–Crippen MR) is 53.0 cm³/mol. The molecule has 0 radical (unpaired) electrons. The van der Waals surface area contributed by atoms with Gasteiger partial charge >= 0.3 is 0 Å². The molecule has 0 aliphatic rings. The molecule has 0 amide bonds. The fourth-order valence-electron chi connectivity index (χ4n) is 1.08. The molecule has 1 rings (SSSR count). The van der Waals surface area contributed by atoms with Crippen LogP contribution in [0.15, 0.2) is 23.6 Å². The highest BCUT2D eigenvalue weighted by molar-refractivity contribution is 7.98. The molecule has 0 unspecified atom stereocenters. The Hall–Kier alpha value is -1.27. The van der Waals surface area contributed by atoms with Crippen molar-refractivity contribution in [2.24, 2.45) is 0 Å². The van der Waals surface area contributed by atoms with Gasteiger partial charge in [-0.25, -0.2) is 4.39 Å². The molecule has 0 aliphatic heterocycles. The molecular formula is C10H8FNS. The first-order valence-corrected chi connectivity index (χ1v) is 4.85. The van der Waals surface area contributed by atoms with Gasteiger partial charge in [0.25, 0.3) is 0 Å². The summed E-state index contributed by atoms with van der Waals surface area (Å²) in [5.41, 5.74) is 1.03. The number of halogens is 1. The Bertz CT molecular complexity index is 379. The van der Waals surface area contributed by atoms with E-state index in [-0.39, 0.29) is 0 Å². The van der Waals surface area contributed by atoms with Gasteiger partial charge in [0, 0.05) is 4.90 Å². The maximum Gasteiger partial charge on any atom is 0.125 e. The average molecular weight is 193 g/mol. The molecule has 1 aromatic carbocycles. The van der Waals surface area contributed by atoms with Crippen LogP contribution in [0.3, 0.4) is 0 Å². The highest BCUT2D eigenvalue weighted by Crippen LogP contribution is 2.26. The standard InChI is InChI=1S/C10H8FNS/c1-3-7-4-9(11)5-8(6-12)10(7)13-2/h3-5H,1H2,2H3. The van der Waals surface area contributed by atoms with Crippen LogP contribution in [0.5, 0.6) is 0 Å². The second-order valence-corrected chi connectivity index (χ2v) is 3.21. The van der Waals surface area contributed by atoms with Gasteiger partial charge in [0.2, 0.25) is 0 Å². The van der Waals surface area contributed by atoms with E-state index in [9.17, 15) is 4.39 Å². The van der Waals surface area contributed by atoms with Crippen LogP contribution >= 0.6 is 11.8 Å². The molecular weight excluding hydrogens is 185 g/mol. The molecule has 1 aromatic rings. The Labute approximate surface area is 80.9 Å². The quantitative estimate of drug-likeness (QED) is 0.674. The van der Waals surface area contributed by atoms with Crippen molar-refractivity contribution in [1.82, 2.24) is 0 Å². The third kappa shape index (κ3) is 1.90. The van der Waals surface area contributed by atoms with Crippen molar-refractivity contribution >= 4 is 17.8 Å². The second-order valence-electron chi connectivity index (χ2n) is 2.39. The molecule has 0 fully saturated rings. The molecule has 1 nitrogen and oxygen atoms in total. The van der Waals surface area contributed by atoms with Crippen LogP contribution in [0.1, 0.15) is 11.1 Å².